The third kappa shape index (κ3) is 6.88. The number of ether oxygens (including phenoxy) is 1. The normalized spacial score (nSPS) is 12.7. The van der Waals surface area contributed by atoms with Gasteiger partial charge in [-0.15, -0.1) is 5.10 Å². The zero-order chi connectivity index (χ0) is 33.7. The van der Waals surface area contributed by atoms with Gasteiger partial charge in [0, 0.05) is 12.6 Å². The lowest BCUT2D eigenvalue weighted by Gasteiger charge is -2.24. The summed E-state index contributed by atoms with van der Waals surface area (Å²) in [5, 5.41) is 11.3. The highest BCUT2D eigenvalue weighted by atomic mass is 32.2. The molecule has 2 heterocycles. The monoisotopic (exact) mass is 657 g/mol. The minimum Gasteiger partial charge on any atom is -0.492 e. The lowest BCUT2D eigenvalue weighted by atomic mass is 9.86. The zero-order valence-electron chi connectivity index (χ0n) is 27.0. The van der Waals surface area contributed by atoms with Crippen molar-refractivity contribution in [1.82, 2.24) is 24.5 Å². The number of sulfonamides is 1. The number of hydrogen-bond acceptors (Lipinski definition) is 9. The lowest BCUT2D eigenvalue weighted by molar-refractivity contribution is 0.102. The number of rotatable bonds is 8. The van der Waals surface area contributed by atoms with Crippen molar-refractivity contribution in [2.24, 2.45) is 7.05 Å². The fourth-order valence-corrected chi connectivity index (χ4v) is 6.24. The van der Waals surface area contributed by atoms with Gasteiger partial charge in [0.15, 0.2) is 5.75 Å². The maximum atomic E-state index is 13.6. The molecule has 4 rings (SSSR count). The summed E-state index contributed by atoms with van der Waals surface area (Å²) in [7, 11) is -4.34. The Morgan fingerprint density at radius 1 is 0.978 bits per heavy atom. The molecule has 2 aromatic carbocycles. The molecule has 0 aliphatic rings. The van der Waals surface area contributed by atoms with Gasteiger partial charge in [0.05, 0.1) is 53.3 Å². The molecule has 1 amide bonds. The van der Waals surface area contributed by atoms with Crippen LogP contribution in [0.15, 0.2) is 47.9 Å². The molecule has 0 aliphatic heterocycles. The van der Waals surface area contributed by atoms with Gasteiger partial charge in [0.2, 0.25) is 25.0 Å². The molecule has 0 fully saturated rings. The molecule has 13 nitrogen and oxygen atoms in total. The van der Waals surface area contributed by atoms with E-state index >= 15 is 0 Å². The first-order valence-electron chi connectivity index (χ1n) is 14.0. The molecule has 2 aromatic heterocycles. The summed E-state index contributed by atoms with van der Waals surface area (Å²) in [4.78, 5) is 17.7. The van der Waals surface area contributed by atoms with Crippen molar-refractivity contribution in [3.05, 3.63) is 59.4 Å². The van der Waals surface area contributed by atoms with Crippen LogP contribution in [0.25, 0.3) is 17.1 Å². The maximum absolute atomic E-state index is 13.6. The number of carbonyl (C=O) groups is 1. The number of benzene rings is 2. The SMILES string of the molecule is COc1c(NC(=O)c2ccc(C)c(-n3cc(-c4cnc(S(=O)(=O)C(C)(C)C)n4C)nn3)c2)cc(C(C)(C)C)cc1NS(C)(=O)=O. The molecule has 0 atom stereocenters. The van der Waals surface area contributed by atoms with Crippen LogP contribution in [0, 0.1) is 6.92 Å². The summed E-state index contributed by atoms with van der Waals surface area (Å²) in [6, 6.07) is 8.52. The van der Waals surface area contributed by atoms with E-state index in [1.807, 2.05) is 27.7 Å². The Morgan fingerprint density at radius 2 is 1.62 bits per heavy atom. The smallest absolute Gasteiger partial charge is 0.255 e. The number of anilines is 2. The van der Waals surface area contributed by atoms with Crippen molar-refractivity contribution in [3.63, 3.8) is 0 Å². The summed E-state index contributed by atoms with van der Waals surface area (Å²) < 4.78 is 60.1. The first-order valence-corrected chi connectivity index (χ1v) is 17.3. The van der Waals surface area contributed by atoms with Crippen LogP contribution in [0.5, 0.6) is 5.75 Å². The van der Waals surface area contributed by atoms with Crippen molar-refractivity contribution >= 4 is 37.1 Å². The highest BCUT2D eigenvalue weighted by Crippen LogP contribution is 2.39. The van der Waals surface area contributed by atoms with Gasteiger partial charge in [-0.25, -0.2) is 26.5 Å². The highest BCUT2D eigenvalue weighted by Gasteiger charge is 2.35. The topological polar surface area (TPSA) is 167 Å². The maximum Gasteiger partial charge on any atom is 0.255 e. The molecule has 15 heteroatoms. The van der Waals surface area contributed by atoms with Crippen LogP contribution in [0.4, 0.5) is 11.4 Å². The van der Waals surface area contributed by atoms with E-state index in [1.165, 1.54) is 22.6 Å². The number of nitrogens with one attached hydrogen (secondary N) is 2. The second-order valence-corrected chi connectivity index (χ2v) is 17.2. The van der Waals surface area contributed by atoms with E-state index in [2.05, 4.69) is 25.3 Å². The van der Waals surface area contributed by atoms with Crippen LogP contribution >= 0.6 is 0 Å². The summed E-state index contributed by atoms with van der Waals surface area (Å²) in [5.74, 6) is -0.297. The second kappa shape index (κ2) is 11.6. The first kappa shape index (κ1) is 33.6. The van der Waals surface area contributed by atoms with E-state index in [0.29, 0.717) is 28.3 Å². The molecular weight excluding hydrogens is 619 g/mol. The molecule has 242 valence electrons. The number of aromatic nitrogens is 5. The number of hydrogen-bond donors (Lipinski definition) is 2. The Kier molecular flexibility index (Phi) is 8.67. The van der Waals surface area contributed by atoms with Crippen LogP contribution in [-0.4, -0.2) is 65.4 Å². The number of nitrogens with zero attached hydrogens (tertiary/aromatic N) is 5. The molecule has 0 radical (unpaired) electrons. The predicted molar refractivity (Wildman–Crippen MR) is 173 cm³/mol. The third-order valence-electron chi connectivity index (χ3n) is 7.17. The standard InChI is InChI=1S/C30H39N7O6S2/c1-18-11-12-19(27(38)32-21-14-20(29(2,3)4)15-22(26(21)43-9)34-44(10,39)40)13-24(18)37-17-23(33-35-37)25-16-31-28(36(25)8)45(41,42)30(5,6)7/h11-17,34H,1-10H3,(H,32,38). The average molecular weight is 658 g/mol. The van der Waals surface area contributed by atoms with Crippen molar-refractivity contribution in [2.45, 2.75) is 63.8 Å². The Hall–Kier alpha value is -4.24. The fraction of sp³-hybridized carbons (Fsp3) is 0.400. The molecule has 4 aromatic rings. The first-order chi connectivity index (χ1) is 20.6. The third-order valence-corrected chi connectivity index (χ3v) is 10.2. The average Bonchev–Trinajstić information content (AvgIpc) is 3.53. The van der Waals surface area contributed by atoms with Gasteiger partial charge in [-0.2, -0.15) is 0 Å². The van der Waals surface area contributed by atoms with Gasteiger partial charge >= 0.3 is 0 Å². The van der Waals surface area contributed by atoms with Gasteiger partial charge in [-0.3, -0.25) is 9.52 Å². The lowest BCUT2D eigenvalue weighted by Crippen LogP contribution is -2.30. The van der Waals surface area contributed by atoms with E-state index in [4.69, 9.17) is 4.74 Å². The minimum atomic E-state index is -3.71. The van der Waals surface area contributed by atoms with Crippen LogP contribution < -0.4 is 14.8 Å². The van der Waals surface area contributed by atoms with E-state index in [9.17, 15) is 21.6 Å². The van der Waals surface area contributed by atoms with E-state index in [1.54, 1.807) is 64.3 Å². The molecule has 2 N–H and O–H groups in total. The van der Waals surface area contributed by atoms with Gasteiger partial charge in [0.25, 0.3) is 5.91 Å². The van der Waals surface area contributed by atoms with Crippen molar-refractivity contribution in [1.29, 1.82) is 0 Å². The fourth-order valence-electron chi connectivity index (χ4n) is 4.50. The number of carbonyl (C=O) groups excluding carboxylic acids is 1. The quantitative estimate of drug-likeness (QED) is 0.278. The van der Waals surface area contributed by atoms with Gasteiger partial charge in [-0.05, 0) is 68.5 Å². The zero-order valence-corrected chi connectivity index (χ0v) is 28.7. The van der Waals surface area contributed by atoms with Gasteiger partial charge in [0.1, 0.15) is 5.69 Å². The highest BCUT2D eigenvalue weighted by molar-refractivity contribution is 7.92. The van der Waals surface area contributed by atoms with Gasteiger partial charge < -0.3 is 14.6 Å². The van der Waals surface area contributed by atoms with E-state index in [0.717, 1.165) is 17.4 Å². The summed E-state index contributed by atoms with van der Waals surface area (Å²) in [6.07, 6.45) is 4.11. The van der Waals surface area contributed by atoms with Crippen LogP contribution in [-0.2, 0) is 32.3 Å². The van der Waals surface area contributed by atoms with Gasteiger partial charge in [-0.1, -0.05) is 32.1 Å². The number of aryl methyl sites for hydroxylation is 1. The van der Waals surface area contributed by atoms with Crippen molar-refractivity contribution < 1.29 is 26.4 Å². The molecule has 0 spiro atoms. The van der Waals surface area contributed by atoms with Crippen LogP contribution in [0.2, 0.25) is 0 Å². The number of methoxy groups -OCH3 is 1. The Bertz CT molecular complexity index is 2000. The Balaban J connectivity index is 1.70. The molecular formula is C30H39N7O6S2. The second-order valence-electron chi connectivity index (χ2n) is 12.8. The van der Waals surface area contributed by atoms with Crippen molar-refractivity contribution in [3.8, 4) is 22.8 Å². The molecule has 0 saturated carbocycles. The van der Waals surface area contributed by atoms with Crippen molar-refractivity contribution in [2.75, 3.05) is 23.4 Å². The molecule has 0 unspecified atom stereocenters. The van der Waals surface area contributed by atoms with Crippen LogP contribution in [0.1, 0.15) is 63.0 Å². The number of sulfone groups is 1. The Morgan fingerprint density at radius 3 is 2.20 bits per heavy atom. The molecule has 0 aliphatic carbocycles. The summed E-state index contributed by atoms with van der Waals surface area (Å²) in [6.45, 7) is 12.6. The molecule has 0 saturated heterocycles. The summed E-state index contributed by atoms with van der Waals surface area (Å²) >= 11 is 0. The predicted octanol–water partition coefficient (Wildman–Crippen LogP) is 4.48. The molecule has 0 bridgehead atoms. The minimum absolute atomic E-state index is 0.0738. The number of amides is 1. The van der Waals surface area contributed by atoms with E-state index < -0.39 is 30.5 Å². The Labute approximate surface area is 264 Å². The largest absolute Gasteiger partial charge is 0.492 e. The molecule has 45 heavy (non-hydrogen) atoms. The van der Waals surface area contributed by atoms with E-state index in [-0.39, 0.29) is 22.0 Å². The summed E-state index contributed by atoms with van der Waals surface area (Å²) in [5.41, 5.74) is 3.43. The van der Waals surface area contributed by atoms with Crippen LogP contribution in [0.3, 0.4) is 0 Å². The number of imidazole rings is 1.